The second-order valence-corrected chi connectivity index (χ2v) is 21.3. The summed E-state index contributed by atoms with van der Waals surface area (Å²) in [6, 6.07) is 0. The molecule has 0 bridgehead atoms. The minimum absolute atomic E-state index is 0.0806. The number of hydrogen-bond acceptors (Lipinski definition) is 6. The van der Waals surface area contributed by atoms with Crippen molar-refractivity contribution in [2.45, 2.75) is 322 Å². The summed E-state index contributed by atoms with van der Waals surface area (Å²) >= 11 is 0. The Kier molecular flexibility index (Phi) is 60.3. The highest BCUT2D eigenvalue weighted by Gasteiger charge is 2.19. The molecule has 0 aromatic heterocycles. The van der Waals surface area contributed by atoms with E-state index in [0.717, 1.165) is 109 Å². The Bertz CT molecular complexity index is 1430. The first kappa shape index (κ1) is 71.6. The molecule has 0 rings (SSSR count). The Morgan fingerprint density at radius 3 is 0.813 bits per heavy atom. The van der Waals surface area contributed by atoms with Gasteiger partial charge >= 0.3 is 17.9 Å². The van der Waals surface area contributed by atoms with Crippen LogP contribution in [0.1, 0.15) is 316 Å². The zero-order chi connectivity index (χ0) is 54.3. The number of carbonyl (C=O) groups excluding carboxylic acids is 3. The van der Waals surface area contributed by atoms with Gasteiger partial charge in [0.15, 0.2) is 6.10 Å². The van der Waals surface area contributed by atoms with Crippen molar-refractivity contribution >= 4 is 17.9 Å². The molecule has 0 aromatic rings. The highest BCUT2D eigenvalue weighted by molar-refractivity contribution is 5.71. The second kappa shape index (κ2) is 63.1. The molecule has 0 aliphatic carbocycles. The quantitative estimate of drug-likeness (QED) is 0.0261. The SMILES string of the molecule is CC/C=C\C/C=C\C/C=C\C/C=C\CCCCCCCCC(=O)OCC(COC(=O)CCCCCCCCCCCCCCCCCCCCC)OC(=O)CCCCCCCCCCC/C=C\C/C=C\C/C=C\CC. The third-order valence-corrected chi connectivity index (χ3v) is 13.9. The summed E-state index contributed by atoms with van der Waals surface area (Å²) in [6.45, 7) is 6.44. The lowest BCUT2D eigenvalue weighted by Crippen LogP contribution is -2.30. The molecule has 1 atom stereocenters. The van der Waals surface area contributed by atoms with E-state index in [1.165, 1.54) is 167 Å². The number of allylic oxidation sites excluding steroid dienone is 14. The smallest absolute Gasteiger partial charge is 0.306 e. The molecule has 0 aliphatic heterocycles. The van der Waals surface area contributed by atoms with Gasteiger partial charge < -0.3 is 14.2 Å². The van der Waals surface area contributed by atoms with Crippen LogP contribution in [0.4, 0.5) is 0 Å². The first-order valence-corrected chi connectivity index (χ1v) is 32.1. The van der Waals surface area contributed by atoms with Gasteiger partial charge in [-0.1, -0.05) is 292 Å². The summed E-state index contributed by atoms with van der Waals surface area (Å²) in [5.74, 6) is -0.885. The summed E-state index contributed by atoms with van der Waals surface area (Å²) in [7, 11) is 0. The molecular formula is C69H120O6. The van der Waals surface area contributed by atoms with Crippen LogP contribution in [0, 0.1) is 0 Å². The predicted molar refractivity (Wildman–Crippen MR) is 325 cm³/mol. The summed E-state index contributed by atoms with van der Waals surface area (Å²) in [5, 5.41) is 0. The molecule has 0 aliphatic rings. The van der Waals surface area contributed by atoms with Gasteiger partial charge in [0.25, 0.3) is 0 Å². The highest BCUT2D eigenvalue weighted by atomic mass is 16.6. The second-order valence-electron chi connectivity index (χ2n) is 21.3. The van der Waals surface area contributed by atoms with Gasteiger partial charge in [-0.25, -0.2) is 0 Å². The third-order valence-electron chi connectivity index (χ3n) is 13.9. The monoisotopic (exact) mass is 1040 g/mol. The molecule has 0 heterocycles. The van der Waals surface area contributed by atoms with E-state index in [-0.39, 0.29) is 31.1 Å². The molecule has 0 saturated carbocycles. The lowest BCUT2D eigenvalue weighted by Gasteiger charge is -2.18. The molecule has 0 saturated heterocycles. The van der Waals surface area contributed by atoms with Crippen molar-refractivity contribution in [2.75, 3.05) is 13.2 Å². The Morgan fingerprint density at radius 2 is 0.520 bits per heavy atom. The van der Waals surface area contributed by atoms with Gasteiger partial charge in [-0.15, -0.1) is 0 Å². The summed E-state index contributed by atoms with van der Waals surface area (Å²) in [6.07, 6.45) is 83.0. The van der Waals surface area contributed by atoms with Gasteiger partial charge in [0.2, 0.25) is 0 Å². The summed E-state index contributed by atoms with van der Waals surface area (Å²) < 4.78 is 16.9. The number of hydrogen-bond donors (Lipinski definition) is 0. The maximum atomic E-state index is 12.9. The van der Waals surface area contributed by atoms with Crippen LogP contribution in [-0.2, 0) is 28.6 Å². The molecule has 0 fully saturated rings. The van der Waals surface area contributed by atoms with Crippen molar-refractivity contribution in [3.05, 3.63) is 85.1 Å². The first-order valence-electron chi connectivity index (χ1n) is 32.1. The highest BCUT2D eigenvalue weighted by Crippen LogP contribution is 2.17. The van der Waals surface area contributed by atoms with Gasteiger partial charge in [0.05, 0.1) is 0 Å². The lowest BCUT2D eigenvalue weighted by molar-refractivity contribution is -0.167. The lowest BCUT2D eigenvalue weighted by atomic mass is 10.0. The van der Waals surface area contributed by atoms with E-state index in [1.54, 1.807) is 0 Å². The fourth-order valence-electron chi connectivity index (χ4n) is 9.16. The fraction of sp³-hybridized carbons (Fsp3) is 0.754. The summed E-state index contributed by atoms with van der Waals surface area (Å²) in [5.41, 5.74) is 0. The Hall–Kier alpha value is -3.41. The Morgan fingerprint density at radius 1 is 0.280 bits per heavy atom. The minimum Gasteiger partial charge on any atom is -0.462 e. The van der Waals surface area contributed by atoms with E-state index in [2.05, 4.69) is 106 Å². The molecule has 432 valence electrons. The van der Waals surface area contributed by atoms with E-state index >= 15 is 0 Å². The maximum Gasteiger partial charge on any atom is 0.306 e. The molecule has 0 radical (unpaired) electrons. The predicted octanol–water partition coefficient (Wildman–Crippen LogP) is 21.9. The minimum atomic E-state index is -0.786. The number of unbranched alkanes of at least 4 members (excludes halogenated alkanes) is 33. The van der Waals surface area contributed by atoms with Gasteiger partial charge in [-0.05, 0) is 89.9 Å². The van der Waals surface area contributed by atoms with Crippen molar-refractivity contribution in [3.63, 3.8) is 0 Å². The van der Waals surface area contributed by atoms with Crippen LogP contribution in [0.2, 0.25) is 0 Å². The van der Waals surface area contributed by atoms with Crippen LogP contribution < -0.4 is 0 Å². The van der Waals surface area contributed by atoms with Crippen LogP contribution in [-0.4, -0.2) is 37.2 Å². The Labute approximate surface area is 465 Å². The van der Waals surface area contributed by atoms with E-state index in [1.807, 2.05) is 0 Å². The van der Waals surface area contributed by atoms with E-state index in [4.69, 9.17) is 14.2 Å². The number of carbonyl (C=O) groups is 3. The summed E-state index contributed by atoms with van der Waals surface area (Å²) in [4.78, 5) is 38.4. The van der Waals surface area contributed by atoms with Gasteiger partial charge in [0, 0.05) is 19.3 Å². The molecular weight excluding hydrogens is 925 g/mol. The molecule has 0 N–H and O–H groups in total. The van der Waals surface area contributed by atoms with Crippen molar-refractivity contribution < 1.29 is 28.6 Å². The number of rotatable bonds is 58. The molecule has 75 heavy (non-hydrogen) atoms. The van der Waals surface area contributed by atoms with E-state index < -0.39 is 6.10 Å². The standard InChI is InChI=1S/C69H120O6/c1-4-7-10-13-16-19-22-25-28-31-34-37-40-43-46-49-52-55-58-61-67(70)73-64-66(75-69(72)63-60-57-54-51-48-45-42-39-36-33-30-27-24-21-18-15-12-9-6-3)65-74-68(71)62-59-56-53-50-47-44-41-38-35-32-29-26-23-20-17-14-11-8-5-2/h7,9-10,12,16,18-19,21,25,27-28,30,34,37,66H,4-6,8,11,13-15,17,20,22-24,26,29,31-33,35-36,38-65H2,1-3H3/b10-7-,12-9-,19-16-,21-18-,28-25-,30-27-,37-34-. The van der Waals surface area contributed by atoms with Gasteiger partial charge in [-0.3, -0.25) is 14.4 Å². The third kappa shape index (κ3) is 61.3. The molecule has 0 amide bonds. The number of ether oxygens (including phenoxy) is 3. The van der Waals surface area contributed by atoms with E-state index in [0.29, 0.717) is 19.3 Å². The van der Waals surface area contributed by atoms with Gasteiger partial charge in [-0.2, -0.15) is 0 Å². The average Bonchev–Trinajstić information content (AvgIpc) is 3.41. The zero-order valence-electron chi connectivity index (χ0n) is 49.6. The van der Waals surface area contributed by atoms with Crippen LogP contribution in [0.5, 0.6) is 0 Å². The van der Waals surface area contributed by atoms with Crippen molar-refractivity contribution in [2.24, 2.45) is 0 Å². The average molecular weight is 1050 g/mol. The molecule has 6 heteroatoms. The largest absolute Gasteiger partial charge is 0.462 e. The molecule has 6 nitrogen and oxygen atoms in total. The van der Waals surface area contributed by atoms with Crippen LogP contribution in [0.3, 0.4) is 0 Å². The van der Waals surface area contributed by atoms with Crippen molar-refractivity contribution in [3.8, 4) is 0 Å². The first-order chi connectivity index (χ1) is 37.0. The zero-order valence-corrected chi connectivity index (χ0v) is 49.6. The molecule has 1 unspecified atom stereocenters. The number of esters is 3. The fourth-order valence-corrected chi connectivity index (χ4v) is 9.16. The Balaban J connectivity index is 4.39. The normalized spacial score (nSPS) is 12.6. The van der Waals surface area contributed by atoms with Crippen molar-refractivity contribution in [1.82, 2.24) is 0 Å². The topological polar surface area (TPSA) is 78.9 Å². The van der Waals surface area contributed by atoms with Gasteiger partial charge in [0.1, 0.15) is 13.2 Å². The molecule has 0 aromatic carbocycles. The van der Waals surface area contributed by atoms with Crippen LogP contribution >= 0.6 is 0 Å². The molecule has 0 spiro atoms. The van der Waals surface area contributed by atoms with Crippen LogP contribution in [0.15, 0.2) is 85.1 Å². The van der Waals surface area contributed by atoms with Crippen LogP contribution in [0.25, 0.3) is 0 Å². The van der Waals surface area contributed by atoms with E-state index in [9.17, 15) is 14.4 Å². The van der Waals surface area contributed by atoms with Crippen molar-refractivity contribution in [1.29, 1.82) is 0 Å². The maximum absolute atomic E-state index is 12.9.